The monoisotopic (exact) mass is 258 g/mol. The summed E-state index contributed by atoms with van der Waals surface area (Å²) in [5.74, 6) is 0.208. The highest BCUT2D eigenvalue weighted by Gasteiger charge is 2.05. The zero-order chi connectivity index (χ0) is 13.7. The lowest BCUT2D eigenvalue weighted by atomic mass is 10.1. The van der Waals surface area contributed by atoms with E-state index in [-0.39, 0.29) is 13.0 Å². The number of carboxylic acid groups (broad SMARTS) is 1. The lowest BCUT2D eigenvalue weighted by Gasteiger charge is -2.06. The molecule has 0 unspecified atom stereocenters. The van der Waals surface area contributed by atoms with E-state index in [1.54, 1.807) is 12.4 Å². The first-order chi connectivity index (χ1) is 9.16. The number of aliphatic carboxylic acids is 1. The summed E-state index contributed by atoms with van der Waals surface area (Å²) in [7, 11) is 0. The van der Waals surface area contributed by atoms with Crippen molar-refractivity contribution in [1.29, 1.82) is 0 Å². The van der Waals surface area contributed by atoms with Gasteiger partial charge in [0.2, 0.25) is 0 Å². The molecular weight excluding hydrogens is 244 g/mol. The van der Waals surface area contributed by atoms with Crippen LogP contribution in [0.4, 0.5) is 0 Å². The third-order valence-corrected chi connectivity index (χ3v) is 2.60. The second-order valence-corrected chi connectivity index (χ2v) is 4.05. The fourth-order valence-electron chi connectivity index (χ4n) is 1.61. The van der Waals surface area contributed by atoms with E-state index >= 15 is 0 Å². The summed E-state index contributed by atoms with van der Waals surface area (Å²) in [5, 5.41) is 8.50. The lowest BCUT2D eigenvalue weighted by molar-refractivity contribution is -0.137. The molecule has 1 aromatic carbocycles. The van der Waals surface area contributed by atoms with Crippen LogP contribution in [0.2, 0.25) is 0 Å². The average molecular weight is 258 g/mol. The van der Waals surface area contributed by atoms with Crippen LogP contribution in [0.15, 0.2) is 36.7 Å². The predicted molar refractivity (Wildman–Crippen MR) is 70.0 cm³/mol. The normalized spacial score (nSPS) is 10.2. The van der Waals surface area contributed by atoms with Gasteiger partial charge in [0.05, 0.1) is 25.4 Å². The molecule has 0 amide bonds. The fourth-order valence-corrected chi connectivity index (χ4v) is 1.61. The number of aromatic nitrogens is 2. The molecule has 19 heavy (non-hydrogen) atoms. The molecule has 0 saturated carbocycles. The van der Waals surface area contributed by atoms with E-state index in [1.807, 2.05) is 31.2 Å². The maximum Gasteiger partial charge on any atom is 0.306 e. The molecule has 0 spiro atoms. The van der Waals surface area contributed by atoms with Crippen LogP contribution in [-0.2, 0) is 4.79 Å². The zero-order valence-corrected chi connectivity index (χ0v) is 10.5. The van der Waals surface area contributed by atoms with Gasteiger partial charge in [0.25, 0.3) is 0 Å². The predicted octanol–water partition coefficient (Wildman–Crippen LogP) is 2.31. The van der Waals surface area contributed by atoms with Crippen molar-refractivity contribution in [2.45, 2.75) is 13.3 Å². The van der Waals surface area contributed by atoms with Gasteiger partial charge in [-0.05, 0) is 12.5 Å². The van der Waals surface area contributed by atoms with Crippen molar-refractivity contribution in [3.63, 3.8) is 0 Å². The molecule has 2 rings (SSSR count). The number of hydrogen-bond acceptors (Lipinski definition) is 4. The topological polar surface area (TPSA) is 72.3 Å². The Morgan fingerprint density at radius 1 is 1.26 bits per heavy atom. The summed E-state index contributed by atoms with van der Waals surface area (Å²) in [6.45, 7) is 2.11. The van der Waals surface area contributed by atoms with Crippen molar-refractivity contribution in [3.8, 4) is 17.1 Å². The Kier molecular flexibility index (Phi) is 4.07. The van der Waals surface area contributed by atoms with Crippen LogP contribution < -0.4 is 4.74 Å². The van der Waals surface area contributed by atoms with Crippen molar-refractivity contribution in [3.05, 3.63) is 42.2 Å². The van der Waals surface area contributed by atoms with Crippen LogP contribution in [0.3, 0.4) is 0 Å². The third kappa shape index (κ3) is 3.51. The summed E-state index contributed by atoms with van der Waals surface area (Å²) in [5.41, 5.74) is 2.07. The van der Waals surface area contributed by atoms with Gasteiger partial charge in [-0.15, -0.1) is 0 Å². The second-order valence-electron chi connectivity index (χ2n) is 4.05. The molecule has 0 fully saturated rings. The van der Waals surface area contributed by atoms with E-state index in [1.165, 1.54) is 0 Å². The minimum absolute atomic E-state index is 0.0421. The molecule has 0 aliphatic rings. The van der Waals surface area contributed by atoms with E-state index < -0.39 is 5.97 Å². The number of carbonyl (C=O) groups is 1. The number of nitrogens with zero attached hydrogens (tertiary/aromatic N) is 2. The Labute approximate surface area is 110 Å². The van der Waals surface area contributed by atoms with E-state index in [4.69, 9.17) is 9.84 Å². The second kappa shape index (κ2) is 5.95. The van der Waals surface area contributed by atoms with E-state index in [2.05, 4.69) is 9.97 Å². The minimum Gasteiger partial charge on any atom is -0.490 e. The van der Waals surface area contributed by atoms with Gasteiger partial charge in [0.1, 0.15) is 0 Å². The molecule has 2 aromatic rings. The molecule has 0 aliphatic carbocycles. The SMILES string of the molecule is Cc1ccccc1-c1ncc(OCCC(=O)O)cn1. The molecule has 98 valence electrons. The van der Waals surface area contributed by atoms with Gasteiger partial charge >= 0.3 is 5.97 Å². The van der Waals surface area contributed by atoms with Crippen LogP contribution in [-0.4, -0.2) is 27.7 Å². The van der Waals surface area contributed by atoms with Crippen LogP contribution in [0.1, 0.15) is 12.0 Å². The Morgan fingerprint density at radius 3 is 2.58 bits per heavy atom. The highest BCUT2D eigenvalue weighted by atomic mass is 16.5. The van der Waals surface area contributed by atoms with Gasteiger partial charge < -0.3 is 9.84 Å². The van der Waals surface area contributed by atoms with Crippen LogP contribution in [0, 0.1) is 6.92 Å². The molecule has 0 saturated heterocycles. The average Bonchev–Trinajstić information content (AvgIpc) is 2.40. The molecule has 5 heteroatoms. The van der Waals surface area contributed by atoms with Crippen molar-refractivity contribution >= 4 is 5.97 Å². The Hall–Kier alpha value is -2.43. The van der Waals surface area contributed by atoms with Gasteiger partial charge in [0.15, 0.2) is 11.6 Å². The minimum atomic E-state index is -0.891. The molecular formula is C14H14N2O3. The molecule has 0 bridgehead atoms. The highest BCUT2D eigenvalue weighted by molar-refractivity contribution is 5.66. The van der Waals surface area contributed by atoms with Crippen LogP contribution >= 0.6 is 0 Å². The maximum atomic E-state index is 10.4. The van der Waals surface area contributed by atoms with Gasteiger partial charge in [-0.25, -0.2) is 9.97 Å². The Morgan fingerprint density at radius 2 is 1.95 bits per heavy atom. The van der Waals surface area contributed by atoms with Gasteiger partial charge in [-0.2, -0.15) is 0 Å². The van der Waals surface area contributed by atoms with Crippen molar-refractivity contribution in [2.75, 3.05) is 6.61 Å². The first kappa shape index (κ1) is 13.0. The smallest absolute Gasteiger partial charge is 0.306 e. The molecule has 1 N–H and O–H groups in total. The molecule has 1 heterocycles. The number of hydrogen-bond donors (Lipinski definition) is 1. The first-order valence-corrected chi connectivity index (χ1v) is 5.89. The number of ether oxygens (including phenoxy) is 1. The zero-order valence-electron chi connectivity index (χ0n) is 10.5. The van der Waals surface area contributed by atoms with Crippen molar-refractivity contribution in [2.24, 2.45) is 0 Å². The first-order valence-electron chi connectivity index (χ1n) is 5.89. The Bertz CT molecular complexity index is 567. The largest absolute Gasteiger partial charge is 0.490 e. The molecule has 0 radical (unpaired) electrons. The maximum absolute atomic E-state index is 10.4. The van der Waals surface area contributed by atoms with E-state index in [0.29, 0.717) is 11.6 Å². The summed E-state index contributed by atoms with van der Waals surface area (Å²) in [6.07, 6.45) is 3.06. The summed E-state index contributed by atoms with van der Waals surface area (Å²) in [4.78, 5) is 18.8. The number of aryl methyl sites for hydroxylation is 1. The van der Waals surface area contributed by atoms with Gasteiger partial charge in [0, 0.05) is 5.56 Å². The van der Waals surface area contributed by atoms with Gasteiger partial charge in [-0.3, -0.25) is 4.79 Å². The molecule has 5 nitrogen and oxygen atoms in total. The quantitative estimate of drug-likeness (QED) is 0.890. The molecule has 0 aliphatic heterocycles. The summed E-state index contributed by atoms with van der Waals surface area (Å²) in [6, 6.07) is 7.84. The fraction of sp³-hybridized carbons (Fsp3) is 0.214. The number of rotatable bonds is 5. The number of carboxylic acids is 1. The van der Waals surface area contributed by atoms with Gasteiger partial charge in [-0.1, -0.05) is 24.3 Å². The summed E-state index contributed by atoms with van der Waals surface area (Å²) >= 11 is 0. The van der Waals surface area contributed by atoms with Crippen LogP contribution in [0.25, 0.3) is 11.4 Å². The Balaban J connectivity index is 2.06. The van der Waals surface area contributed by atoms with E-state index in [0.717, 1.165) is 11.1 Å². The van der Waals surface area contributed by atoms with E-state index in [9.17, 15) is 4.79 Å². The standard InChI is InChI=1S/C14H14N2O3/c1-10-4-2-3-5-12(10)14-15-8-11(9-16-14)19-7-6-13(17)18/h2-5,8-9H,6-7H2,1H3,(H,17,18). The number of benzene rings is 1. The van der Waals surface area contributed by atoms with Crippen molar-refractivity contribution < 1.29 is 14.6 Å². The molecule has 0 atom stereocenters. The lowest BCUT2D eigenvalue weighted by Crippen LogP contribution is -2.05. The highest BCUT2D eigenvalue weighted by Crippen LogP contribution is 2.20. The van der Waals surface area contributed by atoms with Crippen molar-refractivity contribution in [1.82, 2.24) is 9.97 Å². The summed E-state index contributed by atoms with van der Waals surface area (Å²) < 4.78 is 5.23. The van der Waals surface area contributed by atoms with Crippen LogP contribution in [0.5, 0.6) is 5.75 Å². The molecule has 1 aromatic heterocycles. The third-order valence-electron chi connectivity index (χ3n) is 2.60.